The van der Waals surface area contributed by atoms with E-state index in [1.165, 1.54) is 6.92 Å². The van der Waals surface area contributed by atoms with Crippen LogP contribution in [0.15, 0.2) is 24.3 Å². The highest BCUT2D eigenvalue weighted by atomic mass is 16.1. The summed E-state index contributed by atoms with van der Waals surface area (Å²) in [6, 6.07) is 6.71. The minimum atomic E-state index is -0.557. The molecule has 0 aliphatic carbocycles. The van der Waals surface area contributed by atoms with Crippen molar-refractivity contribution in [2.24, 2.45) is 0 Å². The number of carbonyl (C=O) groups is 2. The molecule has 0 bridgehead atoms. The zero-order valence-electron chi connectivity index (χ0n) is 7.70. The average Bonchev–Trinajstić information content (AvgIpc) is 2.18. The lowest BCUT2D eigenvalue weighted by Gasteiger charge is -2.05. The van der Waals surface area contributed by atoms with Crippen molar-refractivity contribution in [3.63, 3.8) is 0 Å². The summed E-state index contributed by atoms with van der Waals surface area (Å²) in [7, 11) is 0. The van der Waals surface area contributed by atoms with Crippen LogP contribution in [0.1, 0.15) is 17.3 Å². The first kappa shape index (κ1) is 10.0. The fourth-order valence-corrected chi connectivity index (χ4v) is 1.06. The van der Waals surface area contributed by atoms with Gasteiger partial charge in [-0.25, -0.2) is 0 Å². The number of para-hydroxylation sites is 1. The van der Waals surface area contributed by atoms with Crippen LogP contribution in [0.5, 0.6) is 0 Å². The molecule has 3 nitrogen and oxygen atoms in total. The number of amides is 1. The summed E-state index contributed by atoms with van der Waals surface area (Å²) in [5.41, 5.74) is 0.902. The maximum Gasteiger partial charge on any atom is 0.300 e. The monoisotopic (exact) mass is 187 g/mol. The number of ketones is 1. The number of hydrogen-bond acceptors (Lipinski definition) is 2. The van der Waals surface area contributed by atoms with Crippen molar-refractivity contribution >= 4 is 17.4 Å². The predicted molar refractivity (Wildman–Crippen MR) is 53.9 cm³/mol. The Kier molecular flexibility index (Phi) is 3.03. The zero-order chi connectivity index (χ0) is 10.6. The van der Waals surface area contributed by atoms with E-state index < -0.39 is 5.91 Å². The second-order valence-corrected chi connectivity index (χ2v) is 2.70. The number of hydrogen-bond donors (Lipinski definition) is 1. The van der Waals surface area contributed by atoms with Gasteiger partial charge in [0.05, 0.1) is 5.69 Å². The molecule has 1 amide bonds. The number of rotatable bonds is 2. The van der Waals surface area contributed by atoms with Gasteiger partial charge in [0, 0.05) is 5.56 Å². The summed E-state index contributed by atoms with van der Waals surface area (Å²) in [6.45, 7) is 1.43. The first-order valence-corrected chi connectivity index (χ1v) is 4.02. The Morgan fingerprint density at radius 2 is 2.00 bits per heavy atom. The van der Waals surface area contributed by atoms with Crippen LogP contribution in [0, 0.1) is 12.3 Å². The van der Waals surface area contributed by atoms with E-state index in [1.807, 2.05) is 5.92 Å². The molecule has 1 rings (SSSR count). The minimum absolute atomic E-state index is 0.113. The van der Waals surface area contributed by atoms with Gasteiger partial charge in [-0.1, -0.05) is 12.1 Å². The molecular formula is C11H9NO2. The van der Waals surface area contributed by atoms with E-state index in [-0.39, 0.29) is 5.78 Å². The van der Waals surface area contributed by atoms with Gasteiger partial charge in [0.25, 0.3) is 5.91 Å². The number of nitrogens with one attached hydrogen (secondary N) is 1. The van der Waals surface area contributed by atoms with E-state index in [2.05, 4.69) is 5.32 Å². The van der Waals surface area contributed by atoms with Gasteiger partial charge >= 0.3 is 0 Å². The highest BCUT2D eigenvalue weighted by Crippen LogP contribution is 2.14. The molecule has 0 unspecified atom stereocenters. The van der Waals surface area contributed by atoms with Gasteiger partial charge in [0.1, 0.15) is 0 Å². The van der Waals surface area contributed by atoms with Crippen molar-refractivity contribution in [3.05, 3.63) is 29.8 Å². The van der Waals surface area contributed by atoms with Crippen LogP contribution < -0.4 is 5.32 Å². The molecule has 0 radical (unpaired) electrons. The molecule has 0 heterocycles. The van der Waals surface area contributed by atoms with E-state index in [4.69, 9.17) is 6.42 Å². The maximum atomic E-state index is 11.1. The molecule has 1 aromatic rings. The molecule has 1 aromatic carbocycles. The fraction of sp³-hybridized carbons (Fsp3) is 0.0909. The largest absolute Gasteiger partial charge is 0.314 e. The second kappa shape index (κ2) is 4.24. The molecule has 0 saturated carbocycles. The molecule has 70 valence electrons. The van der Waals surface area contributed by atoms with Gasteiger partial charge in [0.15, 0.2) is 5.78 Å². The SMILES string of the molecule is C#CC(=O)Nc1ccccc1C(C)=O. The highest BCUT2D eigenvalue weighted by Gasteiger charge is 2.07. The van der Waals surface area contributed by atoms with Crippen molar-refractivity contribution < 1.29 is 9.59 Å². The van der Waals surface area contributed by atoms with Crippen molar-refractivity contribution in [1.29, 1.82) is 0 Å². The van der Waals surface area contributed by atoms with Gasteiger partial charge in [-0.15, -0.1) is 6.42 Å². The van der Waals surface area contributed by atoms with Crippen molar-refractivity contribution in [2.75, 3.05) is 5.32 Å². The fourth-order valence-electron chi connectivity index (χ4n) is 1.06. The van der Waals surface area contributed by atoms with Crippen LogP contribution >= 0.6 is 0 Å². The lowest BCUT2D eigenvalue weighted by molar-refractivity contribution is -0.111. The van der Waals surface area contributed by atoms with Gasteiger partial charge in [0.2, 0.25) is 0 Å². The number of carbonyl (C=O) groups excluding carboxylic acids is 2. The Morgan fingerprint density at radius 1 is 1.36 bits per heavy atom. The third-order valence-corrected chi connectivity index (χ3v) is 1.69. The standard InChI is InChI=1S/C11H9NO2/c1-3-11(14)12-10-7-5-4-6-9(10)8(2)13/h1,4-7H,2H3,(H,12,14). The molecule has 0 atom stereocenters. The predicted octanol–water partition coefficient (Wildman–Crippen LogP) is 1.46. The smallest absolute Gasteiger partial charge is 0.300 e. The highest BCUT2D eigenvalue weighted by molar-refractivity contribution is 6.08. The number of benzene rings is 1. The first-order chi connectivity index (χ1) is 6.65. The third kappa shape index (κ3) is 2.20. The van der Waals surface area contributed by atoms with Gasteiger partial charge in [-0.05, 0) is 25.0 Å². The van der Waals surface area contributed by atoms with E-state index in [0.717, 1.165) is 0 Å². The summed E-state index contributed by atoms with van der Waals surface area (Å²) < 4.78 is 0. The number of anilines is 1. The second-order valence-electron chi connectivity index (χ2n) is 2.70. The summed E-state index contributed by atoms with van der Waals surface area (Å²) in [4.78, 5) is 22.0. The minimum Gasteiger partial charge on any atom is -0.314 e. The Labute approximate surface area is 82.1 Å². The van der Waals surface area contributed by atoms with E-state index in [0.29, 0.717) is 11.3 Å². The lowest BCUT2D eigenvalue weighted by atomic mass is 10.1. The molecule has 0 aliphatic heterocycles. The summed E-state index contributed by atoms with van der Waals surface area (Å²) >= 11 is 0. The van der Waals surface area contributed by atoms with E-state index in [9.17, 15) is 9.59 Å². The molecule has 0 fully saturated rings. The molecule has 3 heteroatoms. The Hall–Kier alpha value is -2.08. The molecule has 0 spiro atoms. The van der Waals surface area contributed by atoms with Gasteiger partial charge < -0.3 is 5.32 Å². The van der Waals surface area contributed by atoms with Crippen LogP contribution in [0.2, 0.25) is 0 Å². The van der Waals surface area contributed by atoms with Crippen LogP contribution in [0.25, 0.3) is 0 Å². The quantitative estimate of drug-likeness (QED) is 0.562. The number of terminal acetylenes is 1. The van der Waals surface area contributed by atoms with Crippen molar-refractivity contribution in [1.82, 2.24) is 0 Å². The van der Waals surface area contributed by atoms with Crippen LogP contribution in [-0.2, 0) is 4.79 Å². The Bertz CT molecular complexity index is 416. The summed E-state index contributed by atoms with van der Waals surface area (Å²) in [5.74, 6) is 1.25. The summed E-state index contributed by atoms with van der Waals surface area (Å²) in [5, 5.41) is 2.45. The summed E-state index contributed by atoms with van der Waals surface area (Å²) in [6.07, 6.45) is 4.90. The molecule has 1 N–H and O–H groups in total. The molecule has 0 aromatic heterocycles. The maximum absolute atomic E-state index is 11.1. The normalized spacial score (nSPS) is 8.86. The molecular weight excluding hydrogens is 178 g/mol. The zero-order valence-corrected chi connectivity index (χ0v) is 7.70. The van der Waals surface area contributed by atoms with E-state index >= 15 is 0 Å². The first-order valence-electron chi connectivity index (χ1n) is 4.02. The lowest BCUT2D eigenvalue weighted by Crippen LogP contribution is -2.11. The number of Topliss-reactive ketones (excluding diaryl/α,β-unsaturated/α-hetero) is 1. The topological polar surface area (TPSA) is 46.2 Å². The van der Waals surface area contributed by atoms with Crippen LogP contribution in [-0.4, -0.2) is 11.7 Å². The van der Waals surface area contributed by atoms with Crippen LogP contribution in [0.4, 0.5) is 5.69 Å². The molecule has 0 saturated heterocycles. The van der Waals surface area contributed by atoms with Gasteiger partial charge in [-0.2, -0.15) is 0 Å². The average molecular weight is 187 g/mol. The van der Waals surface area contributed by atoms with Crippen molar-refractivity contribution in [3.8, 4) is 12.3 Å². The Morgan fingerprint density at radius 3 is 2.57 bits per heavy atom. The van der Waals surface area contributed by atoms with Gasteiger partial charge in [-0.3, -0.25) is 9.59 Å². The third-order valence-electron chi connectivity index (χ3n) is 1.69. The Balaban J connectivity index is 3.03. The molecule has 14 heavy (non-hydrogen) atoms. The molecule has 0 aliphatic rings. The van der Waals surface area contributed by atoms with Crippen molar-refractivity contribution in [2.45, 2.75) is 6.92 Å². The van der Waals surface area contributed by atoms with E-state index in [1.54, 1.807) is 24.3 Å². The van der Waals surface area contributed by atoms with Crippen LogP contribution in [0.3, 0.4) is 0 Å².